The minimum Gasteiger partial charge on any atom is -0.349 e. The first-order valence-corrected chi connectivity index (χ1v) is 9.42. The standard InChI is InChI=1S/C19H25N3OS.2ClH/c1-12(2)10-17-22-13(3)18(24-17)19(23)21-11-16-15-7-5-4-6-14(15)8-9-20-16;;/h4-7,12,16,20H,8-11H2,1-3H3,(H,21,23);2*1H. The van der Waals surface area contributed by atoms with Crippen molar-refractivity contribution in [3.05, 3.63) is 51.0 Å². The minimum absolute atomic E-state index is 0. The number of fused-ring (bicyclic) bond motifs is 1. The number of benzene rings is 1. The molecule has 2 aromatic rings. The molecule has 0 saturated heterocycles. The molecule has 7 heteroatoms. The number of amides is 1. The average Bonchev–Trinajstić information content (AvgIpc) is 2.92. The lowest BCUT2D eigenvalue weighted by Crippen LogP contribution is -2.38. The summed E-state index contributed by atoms with van der Waals surface area (Å²) < 4.78 is 0. The van der Waals surface area contributed by atoms with E-state index in [9.17, 15) is 4.79 Å². The number of halogens is 2. The van der Waals surface area contributed by atoms with Gasteiger partial charge in [0.25, 0.3) is 5.91 Å². The van der Waals surface area contributed by atoms with Crippen molar-refractivity contribution in [3.8, 4) is 0 Å². The lowest BCUT2D eigenvalue weighted by atomic mass is 9.94. The zero-order chi connectivity index (χ0) is 17.1. The molecule has 0 fully saturated rings. The van der Waals surface area contributed by atoms with Gasteiger partial charge in [-0.2, -0.15) is 0 Å². The third-order valence-corrected chi connectivity index (χ3v) is 5.49. The van der Waals surface area contributed by atoms with Gasteiger partial charge >= 0.3 is 0 Å². The number of carbonyl (C=O) groups excluding carboxylic acids is 1. The summed E-state index contributed by atoms with van der Waals surface area (Å²) in [6.07, 6.45) is 1.98. The quantitative estimate of drug-likeness (QED) is 0.771. The first-order chi connectivity index (χ1) is 11.5. The Hall–Kier alpha value is -1.14. The summed E-state index contributed by atoms with van der Waals surface area (Å²) in [5.74, 6) is 0.541. The molecule has 1 amide bonds. The highest BCUT2D eigenvalue weighted by Crippen LogP contribution is 2.23. The highest BCUT2D eigenvalue weighted by molar-refractivity contribution is 7.13. The zero-order valence-corrected chi connectivity index (χ0v) is 17.8. The number of nitrogens with zero attached hydrogens (tertiary/aromatic N) is 1. The van der Waals surface area contributed by atoms with Gasteiger partial charge in [0.1, 0.15) is 4.88 Å². The number of thiazole rings is 1. The van der Waals surface area contributed by atoms with E-state index in [0.717, 1.165) is 35.0 Å². The molecule has 2 heterocycles. The van der Waals surface area contributed by atoms with E-state index in [1.807, 2.05) is 6.92 Å². The molecule has 0 radical (unpaired) electrons. The predicted octanol–water partition coefficient (Wildman–Crippen LogP) is 4.11. The Morgan fingerprint density at radius 2 is 2.08 bits per heavy atom. The molecule has 0 aliphatic carbocycles. The second kappa shape index (κ2) is 10.3. The number of rotatable bonds is 5. The molecule has 1 atom stereocenters. The van der Waals surface area contributed by atoms with Crippen LogP contribution >= 0.6 is 36.2 Å². The van der Waals surface area contributed by atoms with Crippen LogP contribution in [0.4, 0.5) is 0 Å². The summed E-state index contributed by atoms with van der Waals surface area (Å²) in [5.41, 5.74) is 3.51. The Morgan fingerprint density at radius 1 is 1.35 bits per heavy atom. The Balaban J connectivity index is 0.00000169. The van der Waals surface area contributed by atoms with E-state index in [4.69, 9.17) is 0 Å². The number of carbonyl (C=O) groups is 1. The molecular weight excluding hydrogens is 389 g/mol. The normalized spacial score (nSPS) is 15.6. The van der Waals surface area contributed by atoms with Gasteiger partial charge in [-0.25, -0.2) is 4.98 Å². The van der Waals surface area contributed by atoms with Gasteiger partial charge < -0.3 is 10.6 Å². The monoisotopic (exact) mass is 415 g/mol. The molecule has 1 unspecified atom stereocenters. The van der Waals surface area contributed by atoms with Crippen molar-refractivity contribution in [2.75, 3.05) is 13.1 Å². The molecule has 4 nitrogen and oxygen atoms in total. The van der Waals surface area contributed by atoms with E-state index >= 15 is 0 Å². The van der Waals surface area contributed by atoms with Crippen LogP contribution in [-0.2, 0) is 12.8 Å². The van der Waals surface area contributed by atoms with E-state index < -0.39 is 0 Å². The molecule has 144 valence electrons. The summed E-state index contributed by atoms with van der Waals surface area (Å²) in [6, 6.07) is 8.65. The largest absolute Gasteiger partial charge is 0.349 e. The maximum atomic E-state index is 12.6. The van der Waals surface area contributed by atoms with Gasteiger partial charge in [-0.1, -0.05) is 38.1 Å². The fraction of sp³-hybridized carbons (Fsp3) is 0.474. The second-order valence-electron chi connectivity index (χ2n) is 6.79. The fourth-order valence-electron chi connectivity index (χ4n) is 3.15. The lowest BCUT2D eigenvalue weighted by molar-refractivity contribution is 0.0952. The molecule has 0 spiro atoms. The van der Waals surface area contributed by atoms with Gasteiger partial charge in [-0.3, -0.25) is 4.79 Å². The summed E-state index contributed by atoms with van der Waals surface area (Å²) in [4.78, 5) is 17.8. The Kier molecular flexibility index (Phi) is 9.04. The summed E-state index contributed by atoms with van der Waals surface area (Å²) >= 11 is 1.52. The van der Waals surface area contributed by atoms with E-state index in [0.29, 0.717) is 12.5 Å². The molecule has 3 rings (SSSR count). The third kappa shape index (κ3) is 5.43. The van der Waals surface area contributed by atoms with Crippen LogP contribution in [0.3, 0.4) is 0 Å². The molecule has 26 heavy (non-hydrogen) atoms. The molecule has 2 N–H and O–H groups in total. The van der Waals surface area contributed by atoms with E-state index in [2.05, 4.69) is 53.7 Å². The Bertz CT molecular complexity index is 733. The number of hydrogen-bond donors (Lipinski definition) is 2. The number of hydrogen-bond acceptors (Lipinski definition) is 4. The maximum absolute atomic E-state index is 12.6. The van der Waals surface area contributed by atoms with Gasteiger partial charge in [0.2, 0.25) is 0 Å². The average molecular weight is 416 g/mol. The van der Waals surface area contributed by atoms with E-state index in [1.54, 1.807) is 0 Å². The van der Waals surface area contributed by atoms with Crippen molar-refractivity contribution in [2.45, 2.75) is 39.7 Å². The van der Waals surface area contributed by atoms with Crippen molar-refractivity contribution >= 4 is 42.1 Å². The van der Waals surface area contributed by atoms with Crippen LogP contribution in [0.5, 0.6) is 0 Å². The van der Waals surface area contributed by atoms with E-state index in [-0.39, 0.29) is 36.8 Å². The SMILES string of the molecule is Cc1nc(CC(C)C)sc1C(=O)NCC1NCCc2ccccc21.Cl.Cl. The minimum atomic E-state index is -0.00939. The van der Waals surface area contributed by atoms with Gasteiger partial charge in [0.05, 0.1) is 10.7 Å². The molecule has 1 aromatic heterocycles. The van der Waals surface area contributed by atoms with E-state index in [1.165, 1.54) is 22.5 Å². The lowest BCUT2D eigenvalue weighted by Gasteiger charge is -2.27. The molecule has 1 aromatic carbocycles. The fourth-order valence-corrected chi connectivity index (χ4v) is 4.34. The molecule has 1 aliphatic heterocycles. The third-order valence-electron chi connectivity index (χ3n) is 4.31. The maximum Gasteiger partial charge on any atom is 0.263 e. The van der Waals surface area contributed by atoms with Gasteiger partial charge in [-0.05, 0) is 36.9 Å². The molecule has 0 saturated carbocycles. The smallest absolute Gasteiger partial charge is 0.263 e. The topological polar surface area (TPSA) is 54.0 Å². The first-order valence-electron chi connectivity index (χ1n) is 8.60. The highest BCUT2D eigenvalue weighted by Gasteiger charge is 2.21. The zero-order valence-electron chi connectivity index (χ0n) is 15.4. The van der Waals surface area contributed by atoms with Gasteiger partial charge in [0, 0.05) is 19.0 Å². The number of aromatic nitrogens is 1. The summed E-state index contributed by atoms with van der Waals surface area (Å²) in [7, 11) is 0. The van der Waals surface area contributed by atoms with Gasteiger partial charge in [-0.15, -0.1) is 36.2 Å². The van der Waals surface area contributed by atoms with Crippen molar-refractivity contribution in [1.82, 2.24) is 15.6 Å². The van der Waals surface area contributed by atoms with Gasteiger partial charge in [0.15, 0.2) is 0 Å². The van der Waals surface area contributed by atoms with Crippen LogP contribution < -0.4 is 10.6 Å². The molecule has 1 aliphatic rings. The van der Waals surface area contributed by atoms with Crippen molar-refractivity contribution in [3.63, 3.8) is 0 Å². The highest BCUT2D eigenvalue weighted by atomic mass is 35.5. The second-order valence-corrected chi connectivity index (χ2v) is 7.87. The van der Waals surface area contributed by atoms with Crippen molar-refractivity contribution in [2.24, 2.45) is 5.92 Å². The summed E-state index contributed by atoms with van der Waals surface area (Å²) in [6.45, 7) is 7.82. The summed E-state index contributed by atoms with van der Waals surface area (Å²) in [5, 5.41) is 7.64. The van der Waals surface area contributed by atoms with Crippen molar-refractivity contribution < 1.29 is 4.79 Å². The van der Waals surface area contributed by atoms with Crippen LogP contribution in [0, 0.1) is 12.8 Å². The Labute approximate surface area is 172 Å². The molecular formula is C19H27Cl2N3OS. The van der Waals surface area contributed by atoms with Crippen LogP contribution in [0.15, 0.2) is 24.3 Å². The van der Waals surface area contributed by atoms with Crippen LogP contribution in [-0.4, -0.2) is 24.0 Å². The predicted molar refractivity (Wildman–Crippen MR) is 113 cm³/mol. The van der Waals surface area contributed by atoms with Crippen molar-refractivity contribution in [1.29, 1.82) is 0 Å². The Morgan fingerprint density at radius 3 is 2.81 bits per heavy atom. The number of aryl methyl sites for hydroxylation is 1. The van der Waals surface area contributed by atoms with Crippen LogP contribution in [0.1, 0.15) is 51.4 Å². The number of nitrogens with one attached hydrogen (secondary N) is 2. The first kappa shape index (κ1) is 22.9. The molecule has 0 bridgehead atoms. The van der Waals surface area contributed by atoms with Crippen LogP contribution in [0.2, 0.25) is 0 Å². The van der Waals surface area contributed by atoms with Crippen LogP contribution in [0.25, 0.3) is 0 Å².